The van der Waals surface area contributed by atoms with Gasteiger partial charge in [0.2, 0.25) is 17.5 Å². The Labute approximate surface area is 370 Å². The summed E-state index contributed by atoms with van der Waals surface area (Å²) >= 11 is 0. The molecule has 64 heavy (non-hydrogen) atoms. The first-order valence-electron chi connectivity index (χ1n) is 21.6. The summed E-state index contributed by atoms with van der Waals surface area (Å²) in [6.45, 7) is 3.06. The van der Waals surface area contributed by atoms with E-state index < -0.39 is 119 Å². The summed E-state index contributed by atoms with van der Waals surface area (Å²) in [7, 11) is 0. The highest BCUT2D eigenvalue weighted by Crippen LogP contribution is 2.39. The molecule has 0 spiro atoms. The van der Waals surface area contributed by atoms with Gasteiger partial charge in [-0.05, 0) is 70.1 Å². The van der Waals surface area contributed by atoms with Crippen molar-refractivity contribution in [2.75, 3.05) is 6.61 Å². The molecule has 1 aromatic heterocycles. The summed E-state index contributed by atoms with van der Waals surface area (Å²) in [4.78, 5) is 26.5. The fraction of sp³-hybridized carbons (Fsp3) is 0.489. The average molecular weight is 897 g/mol. The van der Waals surface area contributed by atoms with Crippen molar-refractivity contribution in [1.29, 1.82) is 0 Å². The van der Waals surface area contributed by atoms with Gasteiger partial charge in [-0.2, -0.15) is 0 Å². The molecule has 3 heterocycles. The van der Waals surface area contributed by atoms with Gasteiger partial charge in [-0.3, -0.25) is 9.59 Å². The maximum atomic E-state index is 13.8. The van der Waals surface area contributed by atoms with Crippen LogP contribution in [0.4, 0.5) is 0 Å². The monoisotopic (exact) mass is 896 g/mol. The van der Waals surface area contributed by atoms with Gasteiger partial charge in [0.15, 0.2) is 29.7 Å². The third-order valence-corrected chi connectivity index (χ3v) is 10.7. The predicted molar refractivity (Wildman–Crippen MR) is 232 cm³/mol. The number of ether oxygens (including phenoxy) is 5. The summed E-state index contributed by atoms with van der Waals surface area (Å²) in [5.74, 6) is -3.99. The Morgan fingerprint density at radius 3 is 2.00 bits per heavy atom. The molecule has 9 N–H and O–H groups in total. The number of aliphatic hydroxyl groups excluding tert-OH is 5. The first-order valence-corrected chi connectivity index (χ1v) is 21.6. The van der Waals surface area contributed by atoms with Gasteiger partial charge < -0.3 is 74.1 Å². The Balaban J connectivity index is 1.11. The van der Waals surface area contributed by atoms with Gasteiger partial charge in [0.05, 0.1) is 12.7 Å². The lowest BCUT2D eigenvalue weighted by molar-refractivity contribution is -0.319. The van der Waals surface area contributed by atoms with E-state index in [2.05, 4.69) is 43.4 Å². The summed E-state index contributed by atoms with van der Waals surface area (Å²) in [5.41, 5.74) is -1.38. The lowest BCUT2D eigenvalue weighted by atomic mass is 9.98. The van der Waals surface area contributed by atoms with E-state index in [0.29, 0.717) is 12.8 Å². The molecule has 0 radical (unpaired) electrons. The van der Waals surface area contributed by atoms with Crippen LogP contribution in [0, 0.1) is 0 Å². The van der Waals surface area contributed by atoms with Crippen LogP contribution in [-0.2, 0) is 23.7 Å². The minimum absolute atomic E-state index is 0.0413. The fourth-order valence-electron chi connectivity index (χ4n) is 7.13. The number of aromatic hydroxyl groups is 4. The van der Waals surface area contributed by atoms with E-state index in [-0.39, 0.29) is 17.6 Å². The Hall–Kier alpha value is -5.24. The summed E-state index contributed by atoms with van der Waals surface area (Å²) in [5, 5.41) is 94.4. The van der Waals surface area contributed by atoms with Crippen molar-refractivity contribution in [3.8, 4) is 40.1 Å². The molecule has 2 fully saturated rings. The van der Waals surface area contributed by atoms with Crippen LogP contribution >= 0.6 is 0 Å². The quantitative estimate of drug-likeness (QED) is 0.0294. The predicted octanol–water partition coefficient (Wildman–Crippen LogP) is 5.01. The zero-order valence-electron chi connectivity index (χ0n) is 35.8. The molecule has 3 aromatic rings. The molecule has 2 saturated heterocycles. The number of phenols is 4. The maximum absolute atomic E-state index is 13.8. The number of rotatable bonds is 21. The van der Waals surface area contributed by atoms with Gasteiger partial charge in [0, 0.05) is 24.1 Å². The van der Waals surface area contributed by atoms with E-state index in [1.54, 1.807) is 0 Å². The lowest BCUT2D eigenvalue weighted by Gasteiger charge is -2.43. The van der Waals surface area contributed by atoms with Crippen molar-refractivity contribution in [3.05, 3.63) is 89.2 Å². The van der Waals surface area contributed by atoms with E-state index in [9.17, 15) is 55.5 Å². The van der Waals surface area contributed by atoms with E-state index >= 15 is 0 Å². The summed E-state index contributed by atoms with van der Waals surface area (Å²) < 4.78 is 34.2. The summed E-state index contributed by atoms with van der Waals surface area (Å²) in [6.07, 6.45) is 9.15. The van der Waals surface area contributed by atoms with Gasteiger partial charge in [-0.25, -0.2) is 0 Å². The van der Waals surface area contributed by atoms with Crippen LogP contribution in [-0.4, -0.2) is 120 Å². The van der Waals surface area contributed by atoms with Gasteiger partial charge in [-0.1, -0.05) is 68.4 Å². The molecule has 0 saturated carbocycles. The number of carbonyl (C=O) groups is 1. The van der Waals surface area contributed by atoms with Crippen LogP contribution in [0.15, 0.2) is 88.2 Å². The third kappa shape index (κ3) is 13.2. The summed E-state index contributed by atoms with van der Waals surface area (Å²) in [6, 6.07) is 5.26. The highest BCUT2D eigenvalue weighted by Gasteiger charge is 2.49. The molecule has 2 aliphatic rings. The molecule has 0 unspecified atom stereocenters. The molecule has 10 atom stereocenters. The minimum Gasteiger partial charge on any atom is -0.508 e. The number of esters is 1. The topological polar surface area (TPSA) is 276 Å². The molecule has 350 valence electrons. The number of hydrogen-bond donors (Lipinski definition) is 9. The highest BCUT2D eigenvalue weighted by molar-refractivity contribution is 5.88. The van der Waals surface area contributed by atoms with Crippen molar-refractivity contribution in [3.63, 3.8) is 0 Å². The number of benzene rings is 2. The molecule has 0 aliphatic carbocycles. The molecule has 0 amide bonds. The zero-order chi connectivity index (χ0) is 46.3. The van der Waals surface area contributed by atoms with E-state index in [0.717, 1.165) is 49.9 Å². The van der Waals surface area contributed by atoms with Crippen LogP contribution < -0.4 is 10.2 Å². The van der Waals surface area contributed by atoms with E-state index in [1.807, 2.05) is 12.2 Å². The maximum Gasteiger partial charge on any atom is 0.306 e. The second kappa shape index (κ2) is 24.2. The van der Waals surface area contributed by atoms with Crippen LogP contribution in [0.2, 0.25) is 0 Å². The molecule has 0 bridgehead atoms. The number of carbonyl (C=O) groups excluding carboxylic acids is 1. The number of allylic oxidation sites excluding steroid dienone is 8. The molecule has 5 rings (SSSR count). The Morgan fingerprint density at radius 1 is 0.703 bits per heavy atom. The molecule has 17 heteroatoms. The largest absolute Gasteiger partial charge is 0.508 e. The second-order valence-electron chi connectivity index (χ2n) is 15.7. The first kappa shape index (κ1) is 49.8. The molecule has 2 aliphatic heterocycles. The smallest absolute Gasteiger partial charge is 0.306 e. The number of hydrogen-bond acceptors (Lipinski definition) is 17. The number of aliphatic hydroxyl groups is 5. The number of fused-ring (bicyclic) bond motifs is 1. The van der Waals surface area contributed by atoms with Crippen LogP contribution in [0.3, 0.4) is 0 Å². The van der Waals surface area contributed by atoms with Crippen molar-refractivity contribution in [2.45, 2.75) is 139 Å². The normalized spacial score (nSPS) is 26.5. The average Bonchev–Trinajstić information content (AvgIpc) is 3.26. The van der Waals surface area contributed by atoms with Gasteiger partial charge >= 0.3 is 5.97 Å². The van der Waals surface area contributed by atoms with Crippen LogP contribution in [0.5, 0.6) is 28.7 Å². The SMILES string of the molecule is CCCCC/C=C\C/C=C\C/C=C\C/C=C\CCCC(=O)O[C@@H]1[C@@H](O)[C@@H](O)[C@H](OC[C@H]2O[C@@H](Oc3c(-c4ccc(O)c(O)c4)oc4cc(O)cc(O)c4c3=O)[C@H](O)[C@@H](O)[C@@H]2O)O[C@H]1C. The first-order chi connectivity index (χ1) is 30.7. The fourth-order valence-corrected chi connectivity index (χ4v) is 7.13. The van der Waals surface area contributed by atoms with Crippen molar-refractivity contribution in [2.24, 2.45) is 0 Å². The van der Waals surface area contributed by atoms with Crippen molar-refractivity contribution >= 4 is 16.9 Å². The van der Waals surface area contributed by atoms with Crippen LogP contribution in [0.1, 0.15) is 78.1 Å². The van der Waals surface area contributed by atoms with Gasteiger partial charge in [0.1, 0.15) is 59.1 Å². The zero-order valence-corrected chi connectivity index (χ0v) is 35.8. The molecular weight excluding hydrogens is 837 g/mol. The van der Waals surface area contributed by atoms with Crippen LogP contribution in [0.25, 0.3) is 22.3 Å². The van der Waals surface area contributed by atoms with Gasteiger partial charge in [0.25, 0.3) is 0 Å². The van der Waals surface area contributed by atoms with Crippen molar-refractivity contribution < 1.29 is 78.9 Å². The van der Waals surface area contributed by atoms with E-state index in [1.165, 1.54) is 32.3 Å². The number of unbranched alkanes of at least 4 members (excludes halogenated alkanes) is 4. The third-order valence-electron chi connectivity index (χ3n) is 10.7. The highest BCUT2D eigenvalue weighted by atomic mass is 16.7. The number of phenolic OH excluding ortho intramolecular Hbond substituents is 4. The van der Waals surface area contributed by atoms with Crippen molar-refractivity contribution in [1.82, 2.24) is 0 Å². The molecular formula is C47H60O17. The second-order valence-corrected chi connectivity index (χ2v) is 15.7. The van der Waals surface area contributed by atoms with Gasteiger partial charge in [-0.15, -0.1) is 0 Å². The molecule has 2 aromatic carbocycles. The lowest BCUT2D eigenvalue weighted by Crippen LogP contribution is -2.62. The Kier molecular flexibility index (Phi) is 18.8. The minimum atomic E-state index is -2.00. The van der Waals surface area contributed by atoms with E-state index in [4.69, 9.17) is 28.1 Å². The Morgan fingerprint density at radius 2 is 1.34 bits per heavy atom. The molecule has 17 nitrogen and oxygen atoms in total. The Bertz CT molecular complexity index is 2160. The standard InChI is InChI=1S/C47H60O17/c1-3-4-5-6-7-8-9-10-11-12-13-14-15-16-17-18-19-20-35(52)63-43-27(2)60-46(42(58)40(43)56)59-26-34-37(53)39(55)41(57)47(62-34)64-45-38(54)36-32(51)24-29(48)25-33(36)61-44(45)28-21-22-30(49)31(50)23-28/h7-8,10-11,13-14,16-17,21-25,27,34,37,39-43,46-51,53,55-58H,3-6,9,12,15,18-20,26H2,1-2H3/b8-7-,11-10-,14-13-,17-16-/t27-,34+,37+,39-,40-,41+,42+,43-,46+,47-/m0/s1.